The summed E-state index contributed by atoms with van der Waals surface area (Å²) < 4.78 is 5.60. The Morgan fingerprint density at radius 1 is 1.26 bits per heavy atom. The molecule has 3 nitrogen and oxygen atoms in total. The van der Waals surface area contributed by atoms with Gasteiger partial charge in [-0.2, -0.15) is 0 Å². The molecule has 1 saturated carbocycles. The minimum Gasteiger partial charge on any atom is -0.462 e. The Balaban J connectivity index is 2.04. The van der Waals surface area contributed by atoms with Gasteiger partial charge in [0.05, 0.1) is 11.5 Å². The summed E-state index contributed by atoms with van der Waals surface area (Å²) in [5.41, 5.74) is 7.04. The van der Waals surface area contributed by atoms with Crippen molar-refractivity contribution in [3.8, 4) is 0 Å². The molecule has 0 bridgehead atoms. The predicted octanol–water partition coefficient (Wildman–Crippen LogP) is 3.28. The second-order valence-electron chi connectivity index (χ2n) is 6.05. The SMILES string of the molecule is CC(C)CC(C)OC(=O)C1(c2ccc(N)cc2)CC1. The second-order valence-corrected chi connectivity index (χ2v) is 6.05. The molecule has 104 valence electrons. The molecule has 2 rings (SSSR count). The first-order valence-electron chi connectivity index (χ1n) is 7.01. The first-order chi connectivity index (χ1) is 8.94. The molecule has 0 radical (unpaired) electrons. The molecule has 1 aromatic carbocycles. The highest BCUT2D eigenvalue weighted by Gasteiger charge is 2.53. The molecule has 1 fully saturated rings. The molecule has 2 N–H and O–H groups in total. The van der Waals surface area contributed by atoms with E-state index in [0.717, 1.165) is 30.5 Å². The molecule has 0 heterocycles. The summed E-state index contributed by atoms with van der Waals surface area (Å²) in [5.74, 6) is 0.458. The van der Waals surface area contributed by atoms with Crippen molar-refractivity contribution in [1.29, 1.82) is 0 Å². The molecule has 19 heavy (non-hydrogen) atoms. The van der Waals surface area contributed by atoms with E-state index in [1.165, 1.54) is 0 Å². The number of esters is 1. The third kappa shape index (κ3) is 3.09. The topological polar surface area (TPSA) is 52.3 Å². The molecule has 0 saturated heterocycles. The number of rotatable bonds is 5. The monoisotopic (exact) mass is 261 g/mol. The zero-order valence-corrected chi connectivity index (χ0v) is 12.0. The summed E-state index contributed by atoms with van der Waals surface area (Å²) in [5, 5.41) is 0. The third-order valence-corrected chi connectivity index (χ3v) is 3.72. The summed E-state index contributed by atoms with van der Waals surface area (Å²) in [4.78, 5) is 12.4. The summed E-state index contributed by atoms with van der Waals surface area (Å²) >= 11 is 0. The highest BCUT2D eigenvalue weighted by Crippen LogP contribution is 2.49. The van der Waals surface area contributed by atoms with Crippen molar-refractivity contribution in [2.75, 3.05) is 5.73 Å². The summed E-state index contributed by atoms with van der Waals surface area (Å²) in [6.45, 7) is 6.24. The van der Waals surface area contributed by atoms with Gasteiger partial charge in [-0.25, -0.2) is 0 Å². The van der Waals surface area contributed by atoms with Crippen LogP contribution >= 0.6 is 0 Å². The lowest BCUT2D eigenvalue weighted by Gasteiger charge is -2.20. The van der Waals surface area contributed by atoms with Crippen molar-refractivity contribution in [2.24, 2.45) is 5.92 Å². The maximum absolute atomic E-state index is 12.4. The normalized spacial score (nSPS) is 18.1. The molecule has 3 heteroatoms. The van der Waals surface area contributed by atoms with Gasteiger partial charge in [0.1, 0.15) is 0 Å². The van der Waals surface area contributed by atoms with Crippen LogP contribution in [0.3, 0.4) is 0 Å². The lowest BCUT2D eigenvalue weighted by atomic mass is 9.95. The fourth-order valence-corrected chi connectivity index (χ4v) is 2.55. The van der Waals surface area contributed by atoms with Gasteiger partial charge in [0.25, 0.3) is 0 Å². The molecule has 1 atom stereocenters. The fraction of sp³-hybridized carbons (Fsp3) is 0.562. The van der Waals surface area contributed by atoms with Crippen LogP contribution in [0.25, 0.3) is 0 Å². The summed E-state index contributed by atoms with van der Waals surface area (Å²) in [6.07, 6.45) is 2.65. The third-order valence-electron chi connectivity index (χ3n) is 3.72. The molecule has 0 spiro atoms. The number of ether oxygens (including phenoxy) is 1. The van der Waals surface area contributed by atoms with E-state index >= 15 is 0 Å². The number of anilines is 1. The lowest BCUT2D eigenvalue weighted by Crippen LogP contribution is -2.27. The summed E-state index contributed by atoms with van der Waals surface area (Å²) in [6, 6.07) is 7.58. The van der Waals surface area contributed by atoms with E-state index in [0.29, 0.717) is 5.92 Å². The molecule has 1 unspecified atom stereocenters. The maximum atomic E-state index is 12.4. The van der Waals surface area contributed by atoms with Gasteiger partial charge in [-0.3, -0.25) is 4.79 Å². The van der Waals surface area contributed by atoms with Crippen LogP contribution in [0.2, 0.25) is 0 Å². The standard InChI is InChI=1S/C16H23NO2/c1-11(2)10-12(3)19-15(18)16(8-9-16)13-4-6-14(17)7-5-13/h4-7,11-12H,8-10,17H2,1-3H3. The van der Waals surface area contributed by atoms with Crippen molar-refractivity contribution in [3.05, 3.63) is 29.8 Å². The Bertz CT molecular complexity index is 446. The van der Waals surface area contributed by atoms with Crippen LogP contribution in [0, 0.1) is 5.92 Å². The number of nitrogens with two attached hydrogens (primary N) is 1. The van der Waals surface area contributed by atoms with Crippen LogP contribution in [-0.2, 0) is 14.9 Å². The average molecular weight is 261 g/mol. The molecule has 1 aromatic rings. The van der Waals surface area contributed by atoms with Crippen LogP contribution in [0.15, 0.2) is 24.3 Å². The molecule has 0 aliphatic heterocycles. The second kappa shape index (κ2) is 5.24. The van der Waals surface area contributed by atoms with Gasteiger partial charge in [-0.15, -0.1) is 0 Å². The van der Waals surface area contributed by atoms with E-state index < -0.39 is 5.41 Å². The van der Waals surface area contributed by atoms with Gasteiger partial charge in [-0.05, 0) is 49.8 Å². The first-order valence-corrected chi connectivity index (χ1v) is 7.01. The van der Waals surface area contributed by atoms with Crippen LogP contribution in [-0.4, -0.2) is 12.1 Å². The Kier molecular flexibility index (Phi) is 3.83. The van der Waals surface area contributed by atoms with Crippen LogP contribution < -0.4 is 5.73 Å². The lowest BCUT2D eigenvalue weighted by molar-refractivity contribution is -0.152. The quantitative estimate of drug-likeness (QED) is 0.653. The zero-order valence-electron chi connectivity index (χ0n) is 12.0. The van der Waals surface area contributed by atoms with Crippen molar-refractivity contribution in [2.45, 2.75) is 51.6 Å². The van der Waals surface area contributed by atoms with E-state index in [2.05, 4.69) is 13.8 Å². The number of nitrogen functional groups attached to an aromatic ring is 1. The van der Waals surface area contributed by atoms with E-state index in [1.54, 1.807) is 0 Å². The van der Waals surface area contributed by atoms with Gasteiger partial charge < -0.3 is 10.5 Å². The number of hydrogen-bond acceptors (Lipinski definition) is 3. The highest BCUT2D eigenvalue weighted by molar-refractivity contribution is 5.86. The van der Waals surface area contributed by atoms with Gasteiger partial charge in [0.2, 0.25) is 0 Å². The first kappa shape index (κ1) is 13.9. The average Bonchev–Trinajstić information content (AvgIpc) is 3.09. The minimum absolute atomic E-state index is 0.0150. The summed E-state index contributed by atoms with van der Waals surface area (Å²) in [7, 11) is 0. The largest absolute Gasteiger partial charge is 0.462 e. The molecule has 1 aliphatic carbocycles. The Morgan fingerprint density at radius 2 is 1.84 bits per heavy atom. The van der Waals surface area contributed by atoms with E-state index in [1.807, 2.05) is 31.2 Å². The van der Waals surface area contributed by atoms with Gasteiger partial charge >= 0.3 is 5.97 Å². The fourth-order valence-electron chi connectivity index (χ4n) is 2.55. The van der Waals surface area contributed by atoms with Crippen molar-refractivity contribution in [1.82, 2.24) is 0 Å². The number of carbonyl (C=O) groups excluding carboxylic acids is 1. The van der Waals surface area contributed by atoms with Crippen LogP contribution in [0.4, 0.5) is 5.69 Å². The van der Waals surface area contributed by atoms with Crippen LogP contribution in [0.5, 0.6) is 0 Å². The predicted molar refractivity (Wildman–Crippen MR) is 76.8 cm³/mol. The van der Waals surface area contributed by atoms with E-state index in [-0.39, 0.29) is 12.1 Å². The zero-order chi connectivity index (χ0) is 14.0. The van der Waals surface area contributed by atoms with Crippen LogP contribution in [0.1, 0.15) is 45.6 Å². The smallest absolute Gasteiger partial charge is 0.316 e. The minimum atomic E-state index is -0.404. The van der Waals surface area contributed by atoms with Crippen molar-refractivity contribution < 1.29 is 9.53 Å². The number of carbonyl (C=O) groups is 1. The highest BCUT2D eigenvalue weighted by atomic mass is 16.5. The maximum Gasteiger partial charge on any atom is 0.316 e. The van der Waals surface area contributed by atoms with Gasteiger partial charge in [-0.1, -0.05) is 26.0 Å². The van der Waals surface area contributed by atoms with Gasteiger partial charge in [0.15, 0.2) is 0 Å². The van der Waals surface area contributed by atoms with E-state index in [9.17, 15) is 4.79 Å². The van der Waals surface area contributed by atoms with Gasteiger partial charge in [0, 0.05) is 5.69 Å². The molecular formula is C16H23NO2. The molecule has 0 aromatic heterocycles. The molecule has 0 amide bonds. The van der Waals surface area contributed by atoms with Crippen molar-refractivity contribution >= 4 is 11.7 Å². The number of benzene rings is 1. The Labute approximate surface area is 115 Å². The number of hydrogen-bond donors (Lipinski definition) is 1. The van der Waals surface area contributed by atoms with E-state index in [4.69, 9.17) is 10.5 Å². The van der Waals surface area contributed by atoms with Crippen molar-refractivity contribution in [3.63, 3.8) is 0 Å². The molecular weight excluding hydrogens is 238 g/mol. The Hall–Kier alpha value is -1.51. The Morgan fingerprint density at radius 3 is 2.32 bits per heavy atom. The molecule has 1 aliphatic rings.